The lowest BCUT2D eigenvalue weighted by atomic mass is 10.1. The molecule has 8 heteroatoms. The molecule has 0 saturated carbocycles. The van der Waals surface area contributed by atoms with Crippen LogP contribution in [-0.4, -0.2) is 29.0 Å². The Kier molecular flexibility index (Phi) is 7.04. The maximum atomic E-state index is 12.2. The quantitative estimate of drug-likeness (QED) is 0.193. The Morgan fingerprint density at radius 1 is 0.917 bits per heavy atom. The zero-order valence-corrected chi connectivity index (χ0v) is 20.8. The lowest BCUT2D eigenvalue weighted by Gasteiger charge is -2.13. The number of rotatable bonds is 9. The summed E-state index contributed by atoms with van der Waals surface area (Å²) < 4.78 is 18.4. The van der Waals surface area contributed by atoms with Crippen LogP contribution >= 0.6 is 11.8 Å². The highest BCUT2D eigenvalue weighted by molar-refractivity contribution is 7.98. The third-order valence-corrected chi connectivity index (χ3v) is 6.94. The monoisotopic (exact) mass is 499 g/mol. The lowest BCUT2D eigenvalue weighted by molar-refractivity contribution is 0.414. The Balaban J connectivity index is 1.49. The molecule has 0 spiro atoms. The summed E-state index contributed by atoms with van der Waals surface area (Å²) in [4.78, 5) is 12.2. The Bertz CT molecular complexity index is 1550. The molecule has 182 valence electrons. The number of para-hydroxylation sites is 1. The molecule has 5 aromatic rings. The molecule has 0 bridgehead atoms. The Morgan fingerprint density at radius 3 is 2.53 bits per heavy atom. The van der Waals surface area contributed by atoms with Crippen molar-refractivity contribution in [3.8, 4) is 22.9 Å². The van der Waals surface area contributed by atoms with E-state index >= 15 is 0 Å². The molecule has 2 aromatic heterocycles. The van der Waals surface area contributed by atoms with Crippen LogP contribution < -0.4 is 15.1 Å². The van der Waals surface area contributed by atoms with Crippen molar-refractivity contribution in [3.05, 3.63) is 100 Å². The van der Waals surface area contributed by atoms with Crippen molar-refractivity contribution in [1.29, 1.82) is 0 Å². The topological polar surface area (TPSA) is 79.4 Å². The number of fused-ring (bicyclic) bond motifs is 1. The molecule has 36 heavy (non-hydrogen) atoms. The summed E-state index contributed by atoms with van der Waals surface area (Å²) >= 11 is 1.53. The third kappa shape index (κ3) is 4.99. The Labute approximate surface area is 212 Å². The van der Waals surface area contributed by atoms with E-state index in [1.807, 2.05) is 54.6 Å². The number of hydrogen-bond acceptors (Lipinski definition) is 7. The average molecular weight is 500 g/mol. The average Bonchev–Trinajstić information content (AvgIpc) is 3.33. The van der Waals surface area contributed by atoms with Crippen LogP contribution in [0.3, 0.4) is 0 Å². The summed E-state index contributed by atoms with van der Waals surface area (Å²) in [7, 11) is 3.24. The van der Waals surface area contributed by atoms with Crippen LogP contribution in [0, 0.1) is 0 Å². The van der Waals surface area contributed by atoms with Crippen molar-refractivity contribution in [2.24, 2.45) is 0 Å². The molecule has 0 radical (unpaired) electrons. The summed E-state index contributed by atoms with van der Waals surface area (Å²) in [6.45, 7) is 0.696. The highest BCUT2D eigenvalue weighted by Gasteiger charge is 2.18. The first-order chi connectivity index (χ1) is 17.7. The molecule has 0 aliphatic carbocycles. The van der Waals surface area contributed by atoms with Crippen molar-refractivity contribution in [2.75, 3.05) is 14.2 Å². The number of ether oxygens (including phenoxy) is 2. The molecule has 0 unspecified atom stereocenters. The number of methoxy groups -OCH3 is 2. The van der Waals surface area contributed by atoms with Gasteiger partial charge in [0.05, 0.1) is 19.8 Å². The van der Waals surface area contributed by atoms with E-state index in [9.17, 15) is 4.79 Å². The predicted octanol–water partition coefficient (Wildman–Crippen LogP) is 5.60. The van der Waals surface area contributed by atoms with Gasteiger partial charge in [0, 0.05) is 29.8 Å². The molecule has 0 aliphatic rings. The van der Waals surface area contributed by atoms with Gasteiger partial charge in [0.1, 0.15) is 17.1 Å². The minimum atomic E-state index is -0.397. The van der Waals surface area contributed by atoms with E-state index < -0.39 is 5.63 Å². The first-order valence-electron chi connectivity index (χ1n) is 11.5. The smallest absolute Gasteiger partial charge is 0.336 e. The van der Waals surface area contributed by atoms with E-state index in [1.54, 1.807) is 20.3 Å². The lowest BCUT2D eigenvalue weighted by Crippen LogP contribution is -2.06. The van der Waals surface area contributed by atoms with E-state index in [-0.39, 0.29) is 0 Å². The largest absolute Gasteiger partial charge is 0.497 e. The number of nitrogens with zero attached hydrogens (tertiary/aromatic N) is 3. The first kappa shape index (κ1) is 23.7. The van der Waals surface area contributed by atoms with E-state index in [0.717, 1.165) is 39.7 Å². The first-order valence-corrected chi connectivity index (χ1v) is 12.5. The number of benzene rings is 3. The van der Waals surface area contributed by atoms with Crippen LogP contribution in [0.4, 0.5) is 0 Å². The second-order valence-electron chi connectivity index (χ2n) is 8.14. The maximum absolute atomic E-state index is 12.2. The van der Waals surface area contributed by atoms with Gasteiger partial charge in [0.15, 0.2) is 11.0 Å². The summed E-state index contributed by atoms with van der Waals surface area (Å²) in [6, 6.07) is 25.2. The van der Waals surface area contributed by atoms with E-state index in [2.05, 4.69) is 26.9 Å². The molecule has 2 heterocycles. The number of aryl methyl sites for hydroxylation is 1. The predicted molar refractivity (Wildman–Crippen MR) is 141 cm³/mol. The van der Waals surface area contributed by atoms with Crippen LogP contribution in [0.1, 0.15) is 11.1 Å². The van der Waals surface area contributed by atoms with Gasteiger partial charge in [-0.3, -0.25) is 0 Å². The number of hydrogen-bond donors (Lipinski definition) is 0. The number of aromatic nitrogens is 3. The van der Waals surface area contributed by atoms with Crippen LogP contribution in [0.25, 0.3) is 22.4 Å². The van der Waals surface area contributed by atoms with Crippen molar-refractivity contribution in [1.82, 2.24) is 14.8 Å². The molecule has 0 atom stereocenters. The fourth-order valence-electron chi connectivity index (χ4n) is 4.11. The molecule has 7 nitrogen and oxygen atoms in total. The highest BCUT2D eigenvalue weighted by Crippen LogP contribution is 2.33. The van der Waals surface area contributed by atoms with Gasteiger partial charge in [-0.05, 0) is 41.8 Å². The van der Waals surface area contributed by atoms with E-state index in [0.29, 0.717) is 23.6 Å². The molecule has 0 amide bonds. The standard InChI is InChI=1S/C28H25N3O4S/c1-33-21-12-13-22-20(16-26(32)35-25(22)17-21)18-36-28-30-29-27(23-10-6-7-11-24(23)34-2)31(28)15-14-19-8-4-3-5-9-19/h3-13,16-17H,14-15,18H2,1-2H3. The van der Waals surface area contributed by atoms with E-state index in [1.165, 1.54) is 23.4 Å². The Morgan fingerprint density at radius 2 is 1.72 bits per heavy atom. The van der Waals surface area contributed by atoms with E-state index in [4.69, 9.17) is 13.9 Å². The summed E-state index contributed by atoms with van der Waals surface area (Å²) in [6.07, 6.45) is 0.826. The second kappa shape index (κ2) is 10.7. The normalized spacial score (nSPS) is 11.1. The molecular weight excluding hydrogens is 474 g/mol. The SMILES string of the molecule is COc1ccc2c(CSc3nnc(-c4ccccc4OC)n3CCc3ccccc3)cc(=O)oc2c1. The van der Waals surface area contributed by atoms with Gasteiger partial charge in [0.25, 0.3) is 0 Å². The summed E-state index contributed by atoms with van der Waals surface area (Å²) in [5.41, 5.74) is 3.08. The van der Waals surface area contributed by atoms with Gasteiger partial charge in [-0.25, -0.2) is 4.79 Å². The zero-order chi connectivity index (χ0) is 24.9. The second-order valence-corrected chi connectivity index (χ2v) is 9.08. The van der Waals surface area contributed by atoms with Crippen molar-refractivity contribution >= 4 is 22.7 Å². The van der Waals surface area contributed by atoms with Crippen LogP contribution in [0.5, 0.6) is 11.5 Å². The van der Waals surface area contributed by atoms with Gasteiger partial charge in [-0.2, -0.15) is 0 Å². The number of thioether (sulfide) groups is 1. The van der Waals surface area contributed by atoms with Gasteiger partial charge in [-0.15, -0.1) is 10.2 Å². The van der Waals surface area contributed by atoms with Crippen molar-refractivity contribution in [3.63, 3.8) is 0 Å². The maximum Gasteiger partial charge on any atom is 0.336 e. The molecule has 0 N–H and O–H groups in total. The summed E-state index contributed by atoms with van der Waals surface area (Å²) in [5, 5.41) is 10.7. The zero-order valence-electron chi connectivity index (χ0n) is 20.0. The fraction of sp³-hybridized carbons (Fsp3) is 0.179. The van der Waals surface area contributed by atoms with Crippen LogP contribution in [0.15, 0.2) is 93.2 Å². The van der Waals surface area contributed by atoms with Gasteiger partial charge in [0.2, 0.25) is 0 Å². The minimum Gasteiger partial charge on any atom is -0.497 e. The highest BCUT2D eigenvalue weighted by atomic mass is 32.2. The van der Waals surface area contributed by atoms with Crippen LogP contribution in [-0.2, 0) is 18.7 Å². The molecule has 5 rings (SSSR count). The molecular formula is C28H25N3O4S. The van der Waals surface area contributed by atoms with Crippen LogP contribution in [0.2, 0.25) is 0 Å². The minimum absolute atomic E-state index is 0.397. The fourth-order valence-corrected chi connectivity index (χ4v) is 5.07. The third-order valence-electron chi connectivity index (χ3n) is 5.93. The van der Waals surface area contributed by atoms with Gasteiger partial charge >= 0.3 is 5.63 Å². The molecule has 3 aromatic carbocycles. The molecule has 0 saturated heterocycles. The van der Waals surface area contributed by atoms with Crippen molar-refractivity contribution < 1.29 is 13.9 Å². The van der Waals surface area contributed by atoms with Crippen molar-refractivity contribution in [2.45, 2.75) is 23.9 Å². The van der Waals surface area contributed by atoms with Gasteiger partial charge in [-0.1, -0.05) is 54.2 Å². The summed E-state index contributed by atoms with van der Waals surface area (Å²) in [5.74, 6) is 2.65. The Hall–Kier alpha value is -4.04. The molecule has 0 fully saturated rings. The molecule has 0 aliphatic heterocycles. The van der Waals surface area contributed by atoms with Gasteiger partial charge < -0.3 is 18.5 Å².